The van der Waals surface area contributed by atoms with Gasteiger partial charge in [0.1, 0.15) is 5.75 Å². The van der Waals surface area contributed by atoms with Gasteiger partial charge >= 0.3 is 0 Å². The Bertz CT molecular complexity index is 771. The SMILES string of the molecule is CC[Si](CC)(c1cc(C)cc(C(C)(C)C)c1O)C1C(C)C(C)C2C=C(C)SC21. The second-order valence-corrected chi connectivity index (χ2v) is 16.9. The average molecular weight is 417 g/mol. The Morgan fingerprint density at radius 1 is 1.04 bits per heavy atom. The number of phenolic OH excluding ortho intramolecular Hbond substituents is 1. The van der Waals surface area contributed by atoms with Crippen molar-refractivity contribution in [2.45, 2.75) is 90.6 Å². The molecule has 0 saturated heterocycles. The third-order valence-corrected chi connectivity index (χ3v) is 15.8. The van der Waals surface area contributed by atoms with Crippen molar-refractivity contribution in [3.05, 3.63) is 34.2 Å². The van der Waals surface area contributed by atoms with Crippen molar-refractivity contribution in [2.24, 2.45) is 17.8 Å². The summed E-state index contributed by atoms with van der Waals surface area (Å²) < 4.78 is 0. The topological polar surface area (TPSA) is 20.2 Å². The molecule has 1 aromatic rings. The lowest BCUT2D eigenvalue weighted by molar-refractivity contribution is 0.405. The minimum absolute atomic E-state index is 0.0378. The summed E-state index contributed by atoms with van der Waals surface area (Å²) >= 11 is 2.14. The van der Waals surface area contributed by atoms with Crippen LogP contribution in [0.25, 0.3) is 0 Å². The van der Waals surface area contributed by atoms with Gasteiger partial charge in [-0.05, 0) is 58.2 Å². The van der Waals surface area contributed by atoms with Crippen molar-refractivity contribution in [3.8, 4) is 5.75 Å². The molecule has 1 fully saturated rings. The molecule has 156 valence electrons. The minimum atomic E-state index is -1.90. The van der Waals surface area contributed by atoms with Gasteiger partial charge in [0.05, 0.1) is 8.07 Å². The van der Waals surface area contributed by atoms with Crippen molar-refractivity contribution in [1.82, 2.24) is 0 Å². The van der Waals surface area contributed by atoms with Crippen LogP contribution in [-0.2, 0) is 5.41 Å². The highest BCUT2D eigenvalue weighted by Crippen LogP contribution is 2.61. The van der Waals surface area contributed by atoms with Crippen LogP contribution in [0.2, 0.25) is 17.6 Å². The molecular weight excluding hydrogens is 376 g/mol. The second-order valence-electron chi connectivity index (χ2n) is 10.5. The zero-order chi connectivity index (χ0) is 21.0. The first-order chi connectivity index (χ1) is 13.0. The number of aryl methyl sites for hydroxylation is 1. The molecule has 0 bridgehead atoms. The number of phenols is 1. The standard InChI is InChI=1S/C25H40OSSi/c1-10-28(11-2,21-13-15(3)12-20(22(21)26)25(7,8)9)24-18(6)17(5)19-14-16(4)27-23(19)24/h12-14,17-19,23-24,26H,10-11H2,1-9H3. The van der Waals surface area contributed by atoms with Gasteiger partial charge in [0.2, 0.25) is 0 Å². The van der Waals surface area contributed by atoms with E-state index < -0.39 is 8.07 Å². The summed E-state index contributed by atoms with van der Waals surface area (Å²) in [7, 11) is -1.90. The van der Waals surface area contributed by atoms with Crippen LogP contribution < -0.4 is 5.19 Å². The highest BCUT2D eigenvalue weighted by atomic mass is 32.2. The van der Waals surface area contributed by atoms with Crippen molar-refractivity contribution in [1.29, 1.82) is 0 Å². The van der Waals surface area contributed by atoms with E-state index in [1.54, 1.807) is 0 Å². The Morgan fingerprint density at radius 2 is 1.64 bits per heavy atom. The van der Waals surface area contributed by atoms with Crippen LogP contribution in [0, 0.1) is 24.7 Å². The normalized spacial score (nSPS) is 30.5. The summed E-state index contributed by atoms with van der Waals surface area (Å²) in [6, 6.07) is 7.00. The van der Waals surface area contributed by atoms with Crippen molar-refractivity contribution in [3.63, 3.8) is 0 Å². The van der Waals surface area contributed by atoms with Crippen LogP contribution in [0.4, 0.5) is 0 Å². The van der Waals surface area contributed by atoms with Gasteiger partial charge < -0.3 is 5.11 Å². The van der Waals surface area contributed by atoms with E-state index in [1.165, 1.54) is 27.7 Å². The molecule has 0 spiro atoms. The molecule has 1 nitrogen and oxygen atoms in total. The van der Waals surface area contributed by atoms with Gasteiger partial charge in [-0.15, -0.1) is 11.8 Å². The first kappa shape index (κ1) is 22.0. The van der Waals surface area contributed by atoms with Gasteiger partial charge in [0.15, 0.2) is 0 Å². The molecule has 3 heteroatoms. The average Bonchev–Trinajstić information content (AvgIpc) is 3.09. The number of allylic oxidation sites excluding steroid dienone is 2. The van der Waals surface area contributed by atoms with Crippen LogP contribution in [0.5, 0.6) is 5.75 Å². The Morgan fingerprint density at radius 3 is 2.18 bits per heavy atom. The summed E-state index contributed by atoms with van der Waals surface area (Å²) in [5, 5.41) is 13.6. The molecule has 28 heavy (non-hydrogen) atoms. The van der Waals surface area contributed by atoms with Crippen LogP contribution >= 0.6 is 11.8 Å². The van der Waals surface area contributed by atoms with Gasteiger partial charge in [-0.2, -0.15) is 0 Å². The highest BCUT2D eigenvalue weighted by Gasteiger charge is 2.57. The third kappa shape index (κ3) is 3.31. The smallest absolute Gasteiger partial charge is 0.118 e. The molecule has 1 N–H and O–H groups in total. The maximum atomic E-state index is 11.6. The molecule has 5 unspecified atom stereocenters. The maximum Gasteiger partial charge on any atom is 0.118 e. The van der Waals surface area contributed by atoms with Crippen LogP contribution in [0.3, 0.4) is 0 Å². The predicted molar refractivity (Wildman–Crippen MR) is 129 cm³/mol. The van der Waals surface area contributed by atoms with E-state index in [9.17, 15) is 5.11 Å². The van der Waals surface area contributed by atoms with E-state index >= 15 is 0 Å². The summed E-state index contributed by atoms with van der Waals surface area (Å²) in [4.78, 5) is 1.51. The minimum Gasteiger partial charge on any atom is -0.508 e. The quantitative estimate of drug-likeness (QED) is 0.534. The zero-order valence-corrected chi connectivity index (χ0v) is 21.2. The molecule has 2 aliphatic rings. The summed E-state index contributed by atoms with van der Waals surface area (Å²) in [5.41, 5.74) is 3.12. The fourth-order valence-corrected chi connectivity index (χ4v) is 14.6. The number of rotatable bonds is 4. The number of hydrogen-bond donors (Lipinski definition) is 1. The number of hydrogen-bond acceptors (Lipinski definition) is 2. The summed E-state index contributed by atoms with van der Waals surface area (Å²) in [6.07, 6.45) is 2.55. The van der Waals surface area contributed by atoms with Crippen LogP contribution in [-0.4, -0.2) is 18.4 Å². The highest BCUT2D eigenvalue weighted by molar-refractivity contribution is 8.04. The number of fused-ring (bicyclic) bond motifs is 1. The molecule has 1 aromatic carbocycles. The van der Waals surface area contributed by atoms with Crippen molar-refractivity contribution < 1.29 is 5.11 Å². The van der Waals surface area contributed by atoms with Crippen LogP contribution in [0.15, 0.2) is 23.1 Å². The van der Waals surface area contributed by atoms with E-state index in [2.05, 4.69) is 92.3 Å². The number of aromatic hydroxyl groups is 1. The molecule has 1 saturated carbocycles. The molecule has 0 radical (unpaired) electrons. The van der Waals surface area contributed by atoms with E-state index in [4.69, 9.17) is 0 Å². The van der Waals surface area contributed by atoms with E-state index in [0.717, 1.165) is 22.9 Å². The Labute approximate surface area is 178 Å². The largest absolute Gasteiger partial charge is 0.508 e. The monoisotopic (exact) mass is 416 g/mol. The lowest BCUT2D eigenvalue weighted by Gasteiger charge is -2.43. The molecule has 1 aliphatic heterocycles. The van der Waals surface area contributed by atoms with Crippen molar-refractivity contribution >= 4 is 25.0 Å². The van der Waals surface area contributed by atoms with Crippen LogP contribution in [0.1, 0.15) is 66.5 Å². The number of thioether (sulfide) groups is 1. The number of benzene rings is 1. The lowest BCUT2D eigenvalue weighted by Crippen LogP contribution is -2.54. The van der Waals surface area contributed by atoms with Gasteiger partial charge in [-0.1, -0.05) is 84.3 Å². The fraction of sp³-hybridized carbons (Fsp3) is 0.680. The molecule has 5 atom stereocenters. The third-order valence-electron chi connectivity index (χ3n) is 7.98. The van der Waals surface area contributed by atoms with E-state index in [-0.39, 0.29) is 5.41 Å². The Balaban J connectivity index is 2.21. The molecule has 1 aliphatic carbocycles. The Kier molecular flexibility index (Phi) is 5.93. The van der Waals surface area contributed by atoms with Gasteiger partial charge in [-0.3, -0.25) is 0 Å². The van der Waals surface area contributed by atoms with Crippen molar-refractivity contribution in [2.75, 3.05) is 0 Å². The molecular formula is C25H40OSSi. The predicted octanol–water partition coefficient (Wildman–Crippen LogP) is 6.99. The zero-order valence-electron chi connectivity index (χ0n) is 19.4. The first-order valence-electron chi connectivity index (χ1n) is 11.2. The second kappa shape index (κ2) is 7.54. The molecule has 1 heterocycles. The lowest BCUT2D eigenvalue weighted by atomic mass is 9.85. The first-order valence-corrected chi connectivity index (χ1v) is 14.5. The fourth-order valence-electron chi connectivity index (χ4n) is 6.27. The van der Waals surface area contributed by atoms with Gasteiger partial charge in [0.25, 0.3) is 0 Å². The Hall–Kier alpha value is -0.673. The molecule has 0 aromatic heterocycles. The van der Waals surface area contributed by atoms with E-state index in [1.807, 2.05) is 0 Å². The maximum absolute atomic E-state index is 11.6. The summed E-state index contributed by atoms with van der Waals surface area (Å²) in [5.74, 6) is 2.78. The van der Waals surface area contributed by atoms with E-state index in [0.29, 0.717) is 16.9 Å². The van der Waals surface area contributed by atoms with Gasteiger partial charge in [-0.25, -0.2) is 0 Å². The van der Waals surface area contributed by atoms with Gasteiger partial charge in [0, 0.05) is 5.25 Å². The molecule has 3 rings (SSSR count). The molecule has 0 amide bonds. The summed E-state index contributed by atoms with van der Waals surface area (Å²) in [6.45, 7) is 21.0.